The van der Waals surface area contributed by atoms with E-state index in [1.54, 1.807) is 0 Å². The number of rotatable bonds is 3. The van der Waals surface area contributed by atoms with Crippen LogP contribution in [0.5, 0.6) is 0 Å². The SMILES string of the molecule is CC1CCC(C)N(C(=O)c2csc(CCN)n2)C1.Cl. The van der Waals surface area contributed by atoms with E-state index in [-0.39, 0.29) is 18.3 Å². The Morgan fingerprint density at radius 2 is 2.26 bits per heavy atom. The molecule has 4 nitrogen and oxygen atoms in total. The molecule has 2 unspecified atom stereocenters. The van der Waals surface area contributed by atoms with E-state index in [9.17, 15) is 4.79 Å². The number of aromatic nitrogens is 1. The molecule has 1 aliphatic rings. The third kappa shape index (κ3) is 3.91. The van der Waals surface area contributed by atoms with Crippen LogP contribution in [0.15, 0.2) is 5.38 Å². The molecule has 6 heteroatoms. The molecule has 1 fully saturated rings. The predicted octanol–water partition coefficient (Wildman–Crippen LogP) is 2.33. The van der Waals surface area contributed by atoms with Crippen molar-refractivity contribution in [2.24, 2.45) is 11.7 Å². The Morgan fingerprint density at radius 1 is 1.53 bits per heavy atom. The third-order valence-corrected chi connectivity index (χ3v) is 4.42. The van der Waals surface area contributed by atoms with Gasteiger partial charge in [-0.15, -0.1) is 23.7 Å². The first-order chi connectivity index (χ1) is 8.61. The number of carbonyl (C=O) groups is 1. The summed E-state index contributed by atoms with van der Waals surface area (Å²) in [5, 5.41) is 2.82. The molecule has 2 heterocycles. The maximum Gasteiger partial charge on any atom is 0.273 e. The number of halogens is 1. The average molecular weight is 304 g/mol. The van der Waals surface area contributed by atoms with Gasteiger partial charge < -0.3 is 10.6 Å². The van der Waals surface area contributed by atoms with Gasteiger partial charge in [-0.3, -0.25) is 4.79 Å². The third-order valence-electron chi connectivity index (χ3n) is 3.51. The van der Waals surface area contributed by atoms with E-state index in [1.807, 2.05) is 10.3 Å². The molecule has 1 aromatic heterocycles. The molecule has 0 spiro atoms. The van der Waals surface area contributed by atoms with Crippen LogP contribution < -0.4 is 5.73 Å². The molecule has 1 amide bonds. The summed E-state index contributed by atoms with van der Waals surface area (Å²) in [5.74, 6) is 0.667. The molecule has 2 N–H and O–H groups in total. The van der Waals surface area contributed by atoms with Gasteiger partial charge in [-0.1, -0.05) is 6.92 Å². The molecule has 19 heavy (non-hydrogen) atoms. The number of amides is 1. The van der Waals surface area contributed by atoms with Crippen LogP contribution in [0.25, 0.3) is 0 Å². The molecule has 0 saturated carbocycles. The highest BCUT2D eigenvalue weighted by atomic mass is 35.5. The Morgan fingerprint density at radius 3 is 2.95 bits per heavy atom. The second-order valence-electron chi connectivity index (χ2n) is 5.15. The highest BCUT2D eigenvalue weighted by Crippen LogP contribution is 2.23. The smallest absolute Gasteiger partial charge is 0.273 e. The van der Waals surface area contributed by atoms with Crippen molar-refractivity contribution < 1.29 is 4.79 Å². The fourth-order valence-electron chi connectivity index (χ4n) is 2.37. The first-order valence-electron chi connectivity index (χ1n) is 6.57. The lowest BCUT2D eigenvalue weighted by atomic mass is 9.95. The molecular formula is C13H22ClN3OS. The highest BCUT2D eigenvalue weighted by Gasteiger charge is 2.28. The maximum atomic E-state index is 12.4. The Balaban J connectivity index is 0.00000180. The molecule has 0 bridgehead atoms. The van der Waals surface area contributed by atoms with E-state index in [0.29, 0.717) is 24.2 Å². The molecule has 2 rings (SSSR count). The monoisotopic (exact) mass is 303 g/mol. The van der Waals surface area contributed by atoms with Crippen LogP contribution in [0.3, 0.4) is 0 Å². The fourth-order valence-corrected chi connectivity index (χ4v) is 3.15. The Kier molecular flexibility index (Phi) is 6.23. The molecule has 2 atom stereocenters. The summed E-state index contributed by atoms with van der Waals surface area (Å²) in [6.45, 7) is 5.76. The largest absolute Gasteiger partial charge is 0.334 e. The van der Waals surface area contributed by atoms with Gasteiger partial charge in [0, 0.05) is 24.4 Å². The van der Waals surface area contributed by atoms with Crippen LogP contribution in [-0.2, 0) is 6.42 Å². The topological polar surface area (TPSA) is 59.2 Å². The van der Waals surface area contributed by atoms with E-state index in [4.69, 9.17) is 5.73 Å². The highest BCUT2D eigenvalue weighted by molar-refractivity contribution is 7.09. The molecule has 1 saturated heterocycles. The number of hydrogen-bond donors (Lipinski definition) is 1. The lowest BCUT2D eigenvalue weighted by molar-refractivity contribution is 0.0568. The maximum absolute atomic E-state index is 12.4. The van der Waals surface area contributed by atoms with Gasteiger partial charge in [0.05, 0.1) is 5.01 Å². The zero-order valence-electron chi connectivity index (χ0n) is 11.5. The van der Waals surface area contributed by atoms with Gasteiger partial charge in [0.1, 0.15) is 5.69 Å². The summed E-state index contributed by atoms with van der Waals surface area (Å²) in [5.41, 5.74) is 6.09. The standard InChI is InChI=1S/C13H21N3OS.ClH/c1-9-3-4-10(2)16(7-9)13(17)11-8-18-12(15-11)5-6-14;/h8-10H,3-7,14H2,1-2H3;1H. The Bertz CT molecular complexity index is 424. The molecule has 0 radical (unpaired) electrons. The van der Waals surface area contributed by atoms with Gasteiger partial charge in [-0.05, 0) is 32.2 Å². The van der Waals surface area contributed by atoms with Crippen LogP contribution in [0, 0.1) is 5.92 Å². The number of hydrogen-bond acceptors (Lipinski definition) is 4. The fraction of sp³-hybridized carbons (Fsp3) is 0.692. The van der Waals surface area contributed by atoms with Crippen LogP contribution in [0.2, 0.25) is 0 Å². The molecule has 1 aromatic rings. The zero-order valence-corrected chi connectivity index (χ0v) is 13.1. The van der Waals surface area contributed by atoms with Crippen LogP contribution in [0.1, 0.15) is 42.2 Å². The summed E-state index contributed by atoms with van der Waals surface area (Å²) < 4.78 is 0. The minimum atomic E-state index is 0. The lowest BCUT2D eigenvalue weighted by Gasteiger charge is -2.36. The van der Waals surface area contributed by atoms with Crippen molar-refractivity contribution in [1.82, 2.24) is 9.88 Å². The van der Waals surface area contributed by atoms with Crippen molar-refractivity contribution in [3.63, 3.8) is 0 Å². The second kappa shape index (κ2) is 7.22. The van der Waals surface area contributed by atoms with Crippen molar-refractivity contribution in [2.75, 3.05) is 13.1 Å². The van der Waals surface area contributed by atoms with Crippen molar-refractivity contribution in [2.45, 2.75) is 39.2 Å². The Labute approximate surface area is 124 Å². The van der Waals surface area contributed by atoms with E-state index in [1.165, 1.54) is 17.8 Å². The number of thiazole rings is 1. The van der Waals surface area contributed by atoms with Crippen LogP contribution >= 0.6 is 23.7 Å². The summed E-state index contributed by atoms with van der Waals surface area (Å²) in [6.07, 6.45) is 3.05. The molecular weight excluding hydrogens is 282 g/mol. The number of likely N-dealkylation sites (tertiary alicyclic amines) is 1. The normalized spacial score (nSPS) is 23.0. The summed E-state index contributed by atoms with van der Waals surface area (Å²) in [7, 11) is 0. The first kappa shape index (κ1) is 16.4. The number of carbonyl (C=O) groups excluding carboxylic acids is 1. The lowest BCUT2D eigenvalue weighted by Crippen LogP contribution is -2.45. The Hall–Kier alpha value is -0.650. The van der Waals surface area contributed by atoms with Gasteiger partial charge in [-0.2, -0.15) is 0 Å². The van der Waals surface area contributed by atoms with Crippen molar-refractivity contribution in [3.8, 4) is 0 Å². The minimum Gasteiger partial charge on any atom is -0.334 e. The van der Waals surface area contributed by atoms with Crippen LogP contribution in [-0.4, -0.2) is 34.9 Å². The zero-order chi connectivity index (χ0) is 13.1. The summed E-state index contributed by atoms with van der Waals surface area (Å²) in [6, 6.07) is 0.327. The van der Waals surface area contributed by atoms with Crippen molar-refractivity contribution in [1.29, 1.82) is 0 Å². The van der Waals surface area contributed by atoms with Gasteiger partial charge in [-0.25, -0.2) is 4.98 Å². The van der Waals surface area contributed by atoms with Crippen molar-refractivity contribution in [3.05, 3.63) is 16.1 Å². The van der Waals surface area contributed by atoms with Gasteiger partial charge in [0.15, 0.2) is 0 Å². The second-order valence-corrected chi connectivity index (χ2v) is 6.10. The van der Waals surface area contributed by atoms with Gasteiger partial charge in [0.25, 0.3) is 5.91 Å². The number of piperidine rings is 1. The molecule has 108 valence electrons. The van der Waals surface area contributed by atoms with Gasteiger partial charge in [0.2, 0.25) is 0 Å². The first-order valence-corrected chi connectivity index (χ1v) is 7.45. The average Bonchev–Trinajstić information content (AvgIpc) is 2.80. The number of nitrogens with zero attached hydrogens (tertiary/aromatic N) is 2. The molecule has 0 aliphatic carbocycles. The van der Waals surface area contributed by atoms with Gasteiger partial charge >= 0.3 is 0 Å². The van der Waals surface area contributed by atoms with E-state index >= 15 is 0 Å². The predicted molar refractivity (Wildman–Crippen MR) is 81.0 cm³/mol. The summed E-state index contributed by atoms with van der Waals surface area (Å²) >= 11 is 1.53. The quantitative estimate of drug-likeness (QED) is 0.932. The van der Waals surface area contributed by atoms with Crippen LogP contribution in [0.4, 0.5) is 0 Å². The minimum absolute atomic E-state index is 0. The molecule has 0 aromatic carbocycles. The van der Waals surface area contributed by atoms with Crippen molar-refractivity contribution >= 4 is 29.7 Å². The molecule has 1 aliphatic heterocycles. The van der Waals surface area contributed by atoms with E-state index in [0.717, 1.165) is 24.4 Å². The van der Waals surface area contributed by atoms with E-state index < -0.39 is 0 Å². The van der Waals surface area contributed by atoms with E-state index in [2.05, 4.69) is 18.8 Å². The summed E-state index contributed by atoms with van der Waals surface area (Å²) in [4.78, 5) is 18.8. The number of nitrogens with two attached hydrogens (primary N) is 1.